The van der Waals surface area contributed by atoms with E-state index in [2.05, 4.69) is 16.7 Å². The molecule has 0 radical (unpaired) electrons. The third-order valence-electron chi connectivity index (χ3n) is 5.53. The number of nitrogens with zero attached hydrogens (tertiary/aromatic N) is 1. The first-order chi connectivity index (χ1) is 16.6. The maximum absolute atomic E-state index is 13.4. The van der Waals surface area contributed by atoms with Crippen LogP contribution in [0.1, 0.15) is 34.5 Å². The Labute approximate surface area is 203 Å². The van der Waals surface area contributed by atoms with Gasteiger partial charge in [0, 0.05) is 25.2 Å². The van der Waals surface area contributed by atoms with Gasteiger partial charge in [-0.25, -0.2) is 5.43 Å². The lowest BCUT2D eigenvalue weighted by Crippen LogP contribution is -2.56. The molecule has 10 nitrogen and oxygen atoms in total. The van der Waals surface area contributed by atoms with Crippen LogP contribution in [0.2, 0.25) is 0 Å². The Hall–Kier alpha value is -3.59. The number of nitrogens with one attached hydrogen (secondary N) is 2. The molecule has 0 aromatic heterocycles. The lowest BCUT2D eigenvalue weighted by molar-refractivity contribution is -0.186. The highest BCUT2D eigenvalue weighted by Crippen LogP contribution is 2.30. The number of ketones is 1. The molecule has 0 aliphatic carbocycles. The summed E-state index contributed by atoms with van der Waals surface area (Å²) in [5.74, 6) is -0.538. The van der Waals surface area contributed by atoms with Crippen molar-refractivity contribution < 1.29 is 34.5 Å². The molecule has 0 bridgehead atoms. The highest BCUT2D eigenvalue weighted by molar-refractivity contribution is 6.27. The monoisotopic (exact) mass is 483 g/mol. The number of hydroxylamine groups is 1. The summed E-state index contributed by atoms with van der Waals surface area (Å²) in [6.07, 6.45) is 4.79. The SMILES string of the molecule is C#Cc1cc(-c2ccc([C@H](O)COCCO)cc2)ccc1C(=O)[C@@](C)(C(=O)NC)C(=O)N(O)NC. The average molecular weight is 484 g/mol. The summed E-state index contributed by atoms with van der Waals surface area (Å²) in [5.41, 5.74) is 2.04. The van der Waals surface area contributed by atoms with Gasteiger partial charge in [-0.2, -0.15) is 0 Å². The highest BCUT2D eigenvalue weighted by Gasteiger charge is 2.51. The topological polar surface area (TPSA) is 148 Å². The first-order valence-corrected chi connectivity index (χ1v) is 10.7. The van der Waals surface area contributed by atoms with Gasteiger partial charge in [-0.05, 0) is 35.7 Å². The number of hydrogen-bond donors (Lipinski definition) is 5. The van der Waals surface area contributed by atoms with Gasteiger partial charge in [-0.15, -0.1) is 11.6 Å². The molecule has 0 saturated carbocycles. The summed E-state index contributed by atoms with van der Waals surface area (Å²) >= 11 is 0. The molecular formula is C25H29N3O7. The van der Waals surface area contributed by atoms with Crippen molar-refractivity contribution >= 4 is 17.6 Å². The second-order valence-corrected chi connectivity index (χ2v) is 7.71. The predicted octanol–water partition coefficient (Wildman–Crippen LogP) is 0.664. The summed E-state index contributed by atoms with van der Waals surface area (Å²) in [7, 11) is 2.52. The normalized spacial score (nSPS) is 13.3. The van der Waals surface area contributed by atoms with Crippen LogP contribution in [0.15, 0.2) is 42.5 Å². The van der Waals surface area contributed by atoms with E-state index in [-0.39, 0.29) is 36.1 Å². The fourth-order valence-corrected chi connectivity index (χ4v) is 3.42. The molecule has 5 N–H and O–H groups in total. The summed E-state index contributed by atoms with van der Waals surface area (Å²) in [4.78, 5) is 38.7. The van der Waals surface area contributed by atoms with E-state index < -0.39 is 29.1 Å². The van der Waals surface area contributed by atoms with Gasteiger partial charge in [0.15, 0.2) is 11.2 Å². The number of amides is 2. The number of terminal acetylenes is 1. The van der Waals surface area contributed by atoms with Gasteiger partial charge in [0.25, 0.3) is 5.91 Å². The summed E-state index contributed by atoms with van der Waals surface area (Å²) < 4.78 is 5.14. The van der Waals surface area contributed by atoms with Gasteiger partial charge in [-0.1, -0.05) is 36.3 Å². The van der Waals surface area contributed by atoms with Crippen LogP contribution in [0, 0.1) is 17.8 Å². The largest absolute Gasteiger partial charge is 0.394 e. The Morgan fingerprint density at radius 1 is 1.14 bits per heavy atom. The van der Waals surface area contributed by atoms with Crippen LogP contribution in [0.25, 0.3) is 11.1 Å². The number of Topliss-reactive ketones (excluding diaryl/α,β-unsaturated/α-hetero) is 1. The molecule has 186 valence electrons. The zero-order chi connectivity index (χ0) is 26.2. The van der Waals surface area contributed by atoms with Crippen LogP contribution >= 0.6 is 0 Å². The first kappa shape index (κ1) is 27.7. The molecule has 0 unspecified atom stereocenters. The van der Waals surface area contributed by atoms with Crippen molar-refractivity contribution in [1.82, 2.24) is 15.9 Å². The molecule has 10 heteroatoms. The maximum atomic E-state index is 13.4. The molecule has 35 heavy (non-hydrogen) atoms. The van der Waals surface area contributed by atoms with Gasteiger partial charge in [-0.3, -0.25) is 19.6 Å². The molecule has 2 amide bonds. The third kappa shape index (κ3) is 5.92. The van der Waals surface area contributed by atoms with Crippen molar-refractivity contribution in [3.05, 3.63) is 59.2 Å². The van der Waals surface area contributed by atoms with Gasteiger partial charge >= 0.3 is 0 Å². The van der Waals surface area contributed by atoms with E-state index in [9.17, 15) is 24.7 Å². The second kappa shape index (κ2) is 12.2. The summed E-state index contributed by atoms with van der Waals surface area (Å²) in [5, 5.41) is 31.1. The van der Waals surface area contributed by atoms with Crippen LogP contribution < -0.4 is 10.7 Å². The van der Waals surface area contributed by atoms with Crippen molar-refractivity contribution in [3.63, 3.8) is 0 Å². The third-order valence-corrected chi connectivity index (χ3v) is 5.53. The molecule has 0 fully saturated rings. The second-order valence-electron chi connectivity index (χ2n) is 7.71. The number of hydrazine groups is 1. The predicted molar refractivity (Wildman–Crippen MR) is 127 cm³/mol. The number of ether oxygens (including phenoxy) is 1. The molecular weight excluding hydrogens is 454 g/mol. The van der Waals surface area contributed by atoms with Gasteiger partial charge in [0.2, 0.25) is 5.91 Å². The van der Waals surface area contributed by atoms with Crippen molar-refractivity contribution in [2.24, 2.45) is 5.41 Å². The van der Waals surface area contributed by atoms with E-state index in [1.165, 1.54) is 20.2 Å². The Morgan fingerprint density at radius 2 is 1.77 bits per heavy atom. The lowest BCUT2D eigenvalue weighted by atomic mass is 9.78. The van der Waals surface area contributed by atoms with Crippen molar-refractivity contribution in [2.75, 3.05) is 33.9 Å². The van der Waals surface area contributed by atoms with Crippen molar-refractivity contribution in [3.8, 4) is 23.5 Å². The summed E-state index contributed by atoms with van der Waals surface area (Å²) in [6, 6.07) is 11.6. The Kier molecular flexibility index (Phi) is 9.65. The fourth-order valence-electron chi connectivity index (χ4n) is 3.42. The molecule has 0 spiro atoms. The van der Waals surface area contributed by atoms with Crippen LogP contribution in [-0.2, 0) is 14.3 Å². The fraction of sp³-hybridized carbons (Fsp3) is 0.320. The minimum Gasteiger partial charge on any atom is -0.394 e. The van der Waals surface area contributed by atoms with Crippen LogP contribution in [0.4, 0.5) is 0 Å². The summed E-state index contributed by atoms with van der Waals surface area (Å²) in [6.45, 7) is 1.15. The molecule has 2 rings (SSSR count). The molecule has 2 aromatic carbocycles. The van der Waals surface area contributed by atoms with Gasteiger partial charge in [0.1, 0.15) is 6.10 Å². The standard InChI is InChI=1S/C25H29N3O7/c1-5-16-14-19(17-6-8-18(9-7-17)21(30)15-35-13-12-29)10-11-20(16)22(31)25(2,23(32)26-3)24(33)28(34)27-4/h1,6-11,14,21,27,29-30,34H,12-13,15H2,2-4H3,(H,26,32)/t21-,25+/m1/s1. The lowest BCUT2D eigenvalue weighted by Gasteiger charge is -2.28. The molecule has 0 saturated heterocycles. The smallest absolute Gasteiger partial charge is 0.284 e. The number of aliphatic hydroxyl groups is 2. The number of benzene rings is 2. The number of aliphatic hydroxyl groups excluding tert-OH is 2. The number of carbonyl (C=O) groups excluding carboxylic acids is 3. The van der Waals surface area contributed by atoms with Gasteiger partial charge in [0.05, 0.1) is 19.8 Å². The molecule has 2 aromatic rings. The zero-order valence-corrected chi connectivity index (χ0v) is 19.7. The molecule has 2 atom stereocenters. The van der Waals surface area contributed by atoms with Crippen LogP contribution in [0.5, 0.6) is 0 Å². The molecule has 0 heterocycles. The van der Waals surface area contributed by atoms with Crippen LogP contribution in [0.3, 0.4) is 0 Å². The maximum Gasteiger partial charge on any atom is 0.284 e. The zero-order valence-electron chi connectivity index (χ0n) is 19.7. The van der Waals surface area contributed by atoms with E-state index >= 15 is 0 Å². The molecule has 0 aliphatic heterocycles. The number of hydrogen-bond acceptors (Lipinski definition) is 8. The minimum atomic E-state index is -2.28. The highest BCUT2D eigenvalue weighted by atomic mass is 16.6. The van der Waals surface area contributed by atoms with E-state index in [4.69, 9.17) is 16.3 Å². The average Bonchev–Trinajstić information content (AvgIpc) is 2.90. The Morgan fingerprint density at radius 3 is 2.31 bits per heavy atom. The Balaban J connectivity index is 2.40. The number of rotatable bonds is 11. The van der Waals surface area contributed by atoms with E-state index in [1.807, 2.05) is 0 Å². The van der Waals surface area contributed by atoms with E-state index in [0.717, 1.165) is 12.5 Å². The van der Waals surface area contributed by atoms with Crippen molar-refractivity contribution in [2.45, 2.75) is 13.0 Å². The Bertz CT molecular complexity index is 1110. The minimum absolute atomic E-state index is 0.0340. The quantitative estimate of drug-likeness (QED) is 0.0782. The van der Waals surface area contributed by atoms with E-state index in [1.54, 1.807) is 36.4 Å². The first-order valence-electron chi connectivity index (χ1n) is 10.7. The molecule has 0 aliphatic rings. The van der Waals surface area contributed by atoms with Crippen LogP contribution in [-0.4, -0.2) is 72.1 Å². The number of carbonyl (C=O) groups is 3. The van der Waals surface area contributed by atoms with Gasteiger partial charge < -0.3 is 20.3 Å². The van der Waals surface area contributed by atoms with Crippen molar-refractivity contribution in [1.29, 1.82) is 0 Å². The van der Waals surface area contributed by atoms with E-state index in [0.29, 0.717) is 11.1 Å².